The van der Waals surface area contributed by atoms with Crippen LogP contribution < -0.4 is 5.32 Å². The Kier molecular flexibility index (Phi) is 6.80. The lowest BCUT2D eigenvalue weighted by atomic mass is 10.0. The molecule has 2 aromatic rings. The number of carbonyl (C=O) groups is 1. The van der Waals surface area contributed by atoms with Crippen molar-refractivity contribution in [1.29, 1.82) is 0 Å². The van der Waals surface area contributed by atoms with Gasteiger partial charge in [-0.25, -0.2) is 4.98 Å². The van der Waals surface area contributed by atoms with Crippen molar-refractivity contribution in [1.82, 2.24) is 15.2 Å². The Bertz CT molecular complexity index is 686. The molecule has 1 amide bonds. The lowest BCUT2D eigenvalue weighted by Gasteiger charge is -2.29. The van der Waals surface area contributed by atoms with Gasteiger partial charge in [0.05, 0.1) is 10.7 Å². The smallest absolute Gasteiger partial charge is 0.241 e. The first-order chi connectivity index (χ1) is 12.7. The highest BCUT2D eigenvalue weighted by molar-refractivity contribution is 7.11. The number of likely N-dealkylation sites (N-methyl/N-ethyl adjacent to an activating group) is 1. The third-order valence-electron chi connectivity index (χ3n) is 5.07. The number of hydrogen-bond donors (Lipinski definition) is 1. The van der Waals surface area contributed by atoms with Gasteiger partial charge in [-0.1, -0.05) is 44.2 Å². The molecule has 1 heterocycles. The van der Waals surface area contributed by atoms with Crippen LogP contribution in [0, 0.1) is 0 Å². The van der Waals surface area contributed by atoms with Crippen LogP contribution >= 0.6 is 11.3 Å². The summed E-state index contributed by atoms with van der Waals surface area (Å²) in [7, 11) is 0. The largest absolute Gasteiger partial charge is 0.354 e. The molecule has 140 valence electrons. The summed E-state index contributed by atoms with van der Waals surface area (Å²) in [4.78, 5) is 21.4. The van der Waals surface area contributed by atoms with Gasteiger partial charge in [0.25, 0.3) is 0 Å². The zero-order valence-corrected chi connectivity index (χ0v) is 16.6. The van der Waals surface area contributed by atoms with Crippen LogP contribution in [0.1, 0.15) is 53.9 Å². The summed E-state index contributed by atoms with van der Waals surface area (Å²) in [6.45, 7) is 6.56. The molecule has 0 bridgehead atoms. The van der Waals surface area contributed by atoms with E-state index < -0.39 is 0 Å². The second-order valence-electron chi connectivity index (χ2n) is 6.76. The number of thiazole rings is 1. The van der Waals surface area contributed by atoms with E-state index in [1.54, 1.807) is 0 Å². The van der Waals surface area contributed by atoms with Gasteiger partial charge in [-0.05, 0) is 44.3 Å². The lowest BCUT2D eigenvalue weighted by molar-refractivity contribution is -0.126. The van der Waals surface area contributed by atoms with Crippen molar-refractivity contribution in [2.24, 2.45) is 0 Å². The molecule has 5 heteroatoms. The number of nitrogens with zero attached hydrogens (tertiary/aromatic N) is 2. The van der Waals surface area contributed by atoms with Crippen LogP contribution in [-0.2, 0) is 24.1 Å². The molecule has 0 saturated carbocycles. The summed E-state index contributed by atoms with van der Waals surface area (Å²) in [5.74, 6) is 0.0845. The Hall–Kier alpha value is -1.72. The van der Waals surface area contributed by atoms with Crippen LogP contribution in [0.3, 0.4) is 0 Å². The average molecular weight is 372 g/mol. The fraction of sp³-hybridized carbons (Fsp3) is 0.524. The number of hydrogen-bond acceptors (Lipinski definition) is 4. The van der Waals surface area contributed by atoms with E-state index >= 15 is 0 Å². The molecule has 1 N–H and O–H groups in total. The molecule has 3 rings (SSSR count). The number of carbonyl (C=O) groups excluding carboxylic acids is 1. The van der Waals surface area contributed by atoms with Crippen LogP contribution in [0.15, 0.2) is 30.3 Å². The second kappa shape index (κ2) is 9.28. The Morgan fingerprint density at radius 3 is 2.62 bits per heavy atom. The molecule has 0 fully saturated rings. The predicted octanol–water partition coefficient (Wildman–Crippen LogP) is 3.76. The van der Waals surface area contributed by atoms with Gasteiger partial charge in [-0.3, -0.25) is 9.69 Å². The second-order valence-corrected chi connectivity index (χ2v) is 7.93. The molecule has 1 aliphatic rings. The molecule has 0 spiro atoms. The van der Waals surface area contributed by atoms with Gasteiger partial charge in [0.1, 0.15) is 6.04 Å². The SMILES string of the molecule is CCN(CC)C(C(=O)NCCc1nc2c(s1)CCCC2)c1ccccc1. The third-order valence-corrected chi connectivity index (χ3v) is 6.29. The summed E-state index contributed by atoms with van der Waals surface area (Å²) >= 11 is 1.83. The van der Waals surface area contributed by atoms with Gasteiger partial charge >= 0.3 is 0 Å². The highest BCUT2D eigenvalue weighted by Crippen LogP contribution is 2.27. The Morgan fingerprint density at radius 1 is 1.19 bits per heavy atom. The summed E-state index contributed by atoms with van der Waals surface area (Å²) in [6, 6.07) is 9.84. The van der Waals surface area contributed by atoms with Gasteiger partial charge < -0.3 is 5.32 Å². The van der Waals surface area contributed by atoms with E-state index in [1.165, 1.54) is 29.8 Å². The molecule has 1 atom stereocenters. The number of nitrogens with one attached hydrogen (secondary N) is 1. The number of aryl methyl sites for hydroxylation is 2. The van der Waals surface area contributed by atoms with E-state index in [4.69, 9.17) is 4.98 Å². The summed E-state index contributed by atoms with van der Waals surface area (Å²) in [5.41, 5.74) is 2.35. The number of benzene rings is 1. The molecule has 1 aromatic heterocycles. The summed E-state index contributed by atoms with van der Waals surface area (Å²) in [6.07, 6.45) is 5.67. The summed E-state index contributed by atoms with van der Waals surface area (Å²) < 4.78 is 0. The van der Waals surface area contributed by atoms with E-state index in [0.717, 1.165) is 36.5 Å². The molecule has 1 aliphatic carbocycles. The van der Waals surface area contributed by atoms with Crippen molar-refractivity contribution >= 4 is 17.2 Å². The first-order valence-corrected chi connectivity index (χ1v) is 10.6. The van der Waals surface area contributed by atoms with Crippen molar-refractivity contribution in [3.63, 3.8) is 0 Å². The lowest BCUT2D eigenvalue weighted by Crippen LogP contribution is -2.41. The minimum absolute atomic E-state index is 0.0845. The first-order valence-electron chi connectivity index (χ1n) is 9.77. The van der Waals surface area contributed by atoms with E-state index in [2.05, 4.69) is 24.1 Å². The van der Waals surface area contributed by atoms with Gasteiger partial charge in [0, 0.05) is 17.8 Å². The maximum atomic E-state index is 12.9. The highest BCUT2D eigenvalue weighted by Gasteiger charge is 2.25. The van der Waals surface area contributed by atoms with E-state index in [-0.39, 0.29) is 11.9 Å². The Labute approximate surface area is 160 Å². The standard InChI is InChI=1S/C21H29N3OS/c1-3-24(4-2)20(16-10-6-5-7-11-16)21(25)22-15-14-19-23-17-12-8-9-13-18(17)26-19/h5-7,10-11,20H,3-4,8-9,12-15H2,1-2H3,(H,22,25). The predicted molar refractivity (Wildman–Crippen MR) is 108 cm³/mol. The Morgan fingerprint density at radius 2 is 1.92 bits per heavy atom. The number of fused-ring (bicyclic) bond motifs is 1. The van der Waals surface area contributed by atoms with Gasteiger partial charge in [0.15, 0.2) is 0 Å². The minimum Gasteiger partial charge on any atom is -0.354 e. The van der Waals surface area contributed by atoms with Crippen molar-refractivity contribution in [3.05, 3.63) is 51.5 Å². The monoisotopic (exact) mass is 371 g/mol. The zero-order chi connectivity index (χ0) is 18.4. The maximum Gasteiger partial charge on any atom is 0.241 e. The van der Waals surface area contributed by atoms with Crippen LogP contribution in [0.5, 0.6) is 0 Å². The number of aromatic nitrogens is 1. The molecule has 0 saturated heterocycles. The fourth-order valence-corrected chi connectivity index (χ4v) is 4.81. The normalized spacial score (nSPS) is 14.9. The van der Waals surface area contributed by atoms with Crippen LogP contribution in [0.2, 0.25) is 0 Å². The van der Waals surface area contributed by atoms with E-state index in [9.17, 15) is 4.79 Å². The maximum absolute atomic E-state index is 12.9. The average Bonchev–Trinajstić information content (AvgIpc) is 3.09. The van der Waals surface area contributed by atoms with Crippen LogP contribution in [0.4, 0.5) is 0 Å². The van der Waals surface area contributed by atoms with Crippen LogP contribution in [-0.4, -0.2) is 35.4 Å². The van der Waals surface area contributed by atoms with Crippen molar-refractivity contribution < 1.29 is 4.79 Å². The zero-order valence-electron chi connectivity index (χ0n) is 15.8. The van der Waals surface area contributed by atoms with Gasteiger partial charge in [-0.15, -0.1) is 11.3 Å². The molecule has 1 unspecified atom stereocenters. The number of amides is 1. The van der Waals surface area contributed by atoms with Gasteiger partial charge in [-0.2, -0.15) is 0 Å². The quantitative estimate of drug-likeness (QED) is 0.768. The molecular weight excluding hydrogens is 342 g/mol. The topological polar surface area (TPSA) is 45.2 Å². The molecule has 26 heavy (non-hydrogen) atoms. The van der Waals surface area contributed by atoms with Crippen LogP contribution in [0.25, 0.3) is 0 Å². The third kappa shape index (κ3) is 4.51. The number of rotatable bonds is 8. The molecule has 0 radical (unpaired) electrons. The highest BCUT2D eigenvalue weighted by atomic mass is 32.1. The molecule has 0 aliphatic heterocycles. The first kappa shape index (κ1) is 19.1. The molecule has 4 nitrogen and oxygen atoms in total. The van der Waals surface area contributed by atoms with E-state index in [1.807, 2.05) is 41.7 Å². The van der Waals surface area contributed by atoms with Crippen molar-refractivity contribution in [2.45, 2.75) is 52.0 Å². The van der Waals surface area contributed by atoms with Crippen molar-refractivity contribution in [2.75, 3.05) is 19.6 Å². The summed E-state index contributed by atoms with van der Waals surface area (Å²) in [5, 5.41) is 4.31. The minimum atomic E-state index is -0.226. The van der Waals surface area contributed by atoms with E-state index in [0.29, 0.717) is 6.54 Å². The molecule has 1 aromatic carbocycles. The van der Waals surface area contributed by atoms with Gasteiger partial charge in [0.2, 0.25) is 5.91 Å². The fourth-order valence-electron chi connectivity index (χ4n) is 3.65. The van der Waals surface area contributed by atoms with Crippen molar-refractivity contribution in [3.8, 4) is 0 Å². The Balaban J connectivity index is 1.61. The molecular formula is C21H29N3OS.